The first-order valence-corrected chi connectivity index (χ1v) is 1.82. The topological polar surface area (TPSA) is 0 Å². The predicted octanol–water partition coefficient (Wildman–Crippen LogP) is 1.50. The van der Waals surface area contributed by atoms with E-state index in [1.165, 1.54) is 0 Å². The van der Waals surface area contributed by atoms with E-state index < -0.39 is 0 Å². The van der Waals surface area contributed by atoms with Gasteiger partial charge >= 0.3 is 0 Å². The van der Waals surface area contributed by atoms with Crippen molar-refractivity contribution in [2.45, 2.75) is 6.42 Å². The second kappa shape index (κ2) is 3.19. The zero-order chi connectivity index (χ0) is 3.54. The minimum atomic E-state index is 0. The Morgan fingerprint density at radius 1 is 1.00 bits per heavy atom. The molecular formula is C5H6Co. The SMILES string of the molecule is C1=CCC=C1.[Co]. The minimum absolute atomic E-state index is 0. The summed E-state index contributed by atoms with van der Waals surface area (Å²) in [6.07, 6.45) is 9.50. The first kappa shape index (κ1) is 5.99. The molecule has 1 aliphatic rings. The molecule has 0 spiro atoms. The number of hydrogen-bond acceptors (Lipinski definition) is 0. The molecule has 0 fully saturated rings. The monoisotopic (exact) mass is 125 g/mol. The fraction of sp³-hybridized carbons (Fsp3) is 0.200. The van der Waals surface area contributed by atoms with E-state index in [4.69, 9.17) is 0 Å². The third-order valence-electron chi connectivity index (χ3n) is 0.655. The summed E-state index contributed by atoms with van der Waals surface area (Å²) in [5.41, 5.74) is 0. The van der Waals surface area contributed by atoms with Crippen LogP contribution in [0.4, 0.5) is 0 Å². The molecule has 0 saturated heterocycles. The zero-order valence-electron chi connectivity index (χ0n) is 3.35. The third-order valence-corrected chi connectivity index (χ3v) is 0.655. The van der Waals surface area contributed by atoms with Gasteiger partial charge in [-0.15, -0.1) is 0 Å². The fourth-order valence-corrected chi connectivity index (χ4v) is 0.393. The van der Waals surface area contributed by atoms with Gasteiger partial charge in [0.25, 0.3) is 0 Å². The Morgan fingerprint density at radius 2 is 1.50 bits per heavy atom. The van der Waals surface area contributed by atoms with Crippen LogP contribution in [0.5, 0.6) is 0 Å². The molecule has 6 heavy (non-hydrogen) atoms. The molecule has 0 aliphatic heterocycles. The van der Waals surface area contributed by atoms with Crippen LogP contribution < -0.4 is 0 Å². The summed E-state index contributed by atoms with van der Waals surface area (Å²) in [7, 11) is 0. The molecule has 1 heteroatoms. The van der Waals surface area contributed by atoms with Crippen molar-refractivity contribution in [2.24, 2.45) is 0 Å². The fourth-order valence-electron chi connectivity index (χ4n) is 0.393. The van der Waals surface area contributed by atoms with E-state index in [-0.39, 0.29) is 16.8 Å². The van der Waals surface area contributed by atoms with Crippen LogP contribution in [0.2, 0.25) is 0 Å². The second-order valence-electron chi connectivity index (χ2n) is 1.09. The summed E-state index contributed by atoms with van der Waals surface area (Å²) in [6, 6.07) is 0. The van der Waals surface area contributed by atoms with Crippen LogP contribution in [0.15, 0.2) is 24.3 Å². The second-order valence-corrected chi connectivity index (χ2v) is 1.09. The maximum Gasteiger partial charge on any atom is 0 e. The van der Waals surface area contributed by atoms with Crippen LogP contribution in [0, 0.1) is 0 Å². The molecule has 1 aliphatic carbocycles. The molecule has 0 unspecified atom stereocenters. The van der Waals surface area contributed by atoms with Gasteiger partial charge in [0, 0.05) is 16.8 Å². The smallest absolute Gasteiger partial charge is 0 e. The summed E-state index contributed by atoms with van der Waals surface area (Å²) in [6.45, 7) is 0. The summed E-state index contributed by atoms with van der Waals surface area (Å²) >= 11 is 0. The van der Waals surface area contributed by atoms with Gasteiger partial charge in [-0.3, -0.25) is 0 Å². The van der Waals surface area contributed by atoms with Crippen LogP contribution >= 0.6 is 0 Å². The summed E-state index contributed by atoms with van der Waals surface area (Å²) in [4.78, 5) is 0. The molecule has 0 atom stereocenters. The molecule has 1 rings (SSSR count). The maximum atomic E-state index is 2.12. The van der Waals surface area contributed by atoms with E-state index in [1.54, 1.807) is 0 Å². The first-order chi connectivity index (χ1) is 2.50. The van der Waals surface area contributed by atoms with Crippen LogP contribution in [0.1, 0.15) is 6.42 Å². The molecule has 0 nitrogen and oxygen atoms in total. The van der Waals surface area contributed by atoms with E-state index in [0.29, 0.717) is 0 Å². The molecule has 0 aromatic rings. The van der Waals surface area contributed by atoms with Gasteiger partial charge in [0.2, 0.25) is 0 Å². The molecule has 1 radical (unpaired) electrons. The molecule has 0 aromatic heterocycles. The van der Waals surface area contributed by atoms with Crippen molar-refractivity contribution >= 4 is 0 Å². The van der Waals surface area contributed by atoms with E-state index in [9.17, 15) is 0 Å². The zero-order valence-corrected chi connectivity index (χ0v) is 4.39. The molecular weight excluding hydrogens is 119 g/mol. The molecule has 0 bridgehead atoms. The molecule has 0 amide bonds. The summed E-state index contributed by atoms with van der Waals surface area (Å²) in [5, 5.41) is 0. The predicted molar refractivity (Wildman–Crippen MR) is 22.9 cm³/mol. The van der Waals surface area contributed by atoms with Gasteiger partial charge in [0.15, 0.2) is 0 Å². The largest absolute Gasteiger partial charge is 0.0808 e. The van der Waals surface area contributed by atoms with Gasteiger partial charge in [0.05, 0.1) is 0 Å². The number of hydrogen-bond donors (Lipinski definition) is 0. The number of rotatable bonds is 0. The van der Waals surface area contributed by atoms with Crippen LogP contribution in [0.25, 0.3) is 0 Å². The van der Waals surface area contributed by atoms with E-state index in [0.717, 1.165) is 6.42 Å². The minimum Gasteiger partial charge on any atom is -0.0808 e. The summed E-state index contributed by atoms with van der Waals surface area (Å²) < 4.78 is 0. The van der Waals surface area contributed by atoms with Crippen molar-refractivity contribution in [3.63, 3.8) is 0 Å². The first-order valence-electron chi connectivity index (χ1n) is 1.82. The Kier molecular flexibility index (Phi) is 3.18. The molecule has 0 saturated carbocycles. The third kappa shape index (κ3) is 1.43. The van der Waals surface area contributed by atoms with Crippen molar-refractivity contribution in [1.29, 1.82) is 0 Å². The molecule has 0 heterocycles. The van der Waals surface area contributed by atoms with Crippen molar-refractivity contribution in [2.75, 3.05) is 0 Å². The van der Waals surface area contributed by atoms with Crippen molar-refractivity contribution in [1.82, 2.24) is 0 Å². The quantitative estimate of drug-likeness (QED) is 0.460. The average Bonchev–Trinajstić information content (AvgIpc) is 1.76. The van der Waals surface area contributed by atoms with Crippen LogP contribution in [-0.4, -0.2) is 0 Å². The van der Waals surface area contributed by atoms with Crippen LogP contribution in [0.3, 0.4) is 0 Å². The maximum absolute atomic E-state index is 2.12. The Labute approximate surface area is 48.1 Å². The van der Waals surface area contributed by atoms with Gasteiger partial charge < -0.3 is 0 Å². The van der Waals surface area contributed by atoms with Gasteiger partial charge in [-0.05, 0) is 6.42 Å². The van der Waals surface area contributed by atoms with Crippen molar-refractivity contribution < 1.29 is 16.8 Å². The molecule has 35 valence electrons. The molecule has 0 aromatic carbocycles. The standard InChI is InChI=1S/C5H6.Co/c1-2-4-5-3-1;/h1-4H,5H2;. The van der Waals surface area contributed by atoms with Gasteiger partial charge in [-0.2, -0.15) is 0 Å². The Bertz CT molecular complexity index is 62.0. The van der Waals surface area contributed by atoms with E-state index in [2.05, 4.69) is 24.3 Å². The Morgan fingerprint density at radius 3 is 1.67 bits per heavy atom. The van der Waals surface area contributed by atoms with Crippen molar-refractivity contribution in [3.05, 3.63) is 24.3 Å². The van der Waals surface area contributed by atoms with Gasteiger partial charge in [0.1, 0.15) is 0 Å². The van der Waals surface area contributed by atoms with Crippen LogP contribution in [-0.2, 0) is 16.8 Å². The van der Waals surface area contributed by atoms with E-state index in [1.807, 2.05) is 0 Å². The number of allylic oxidation sites excluding steroid dienone is 4. The normalized spacial score (nSPS) is 14.7. The summed E-state index contributed by atoms with van der Waals surface area (Å²) in [5.74, 6) is 0. The van der Waals surface area contributed by atoms with Gasteiger partial charge in [-0.25, -0.2) is 0 Å². The Hall–Kier alpha value is -0.0135. The Balaban J connectivity index is 0.000000250. The average molecular weight is 125 g/mol. The van der Waals surface area contributed by atoms with Gasteiger partial charge in [-0.1, -0.05) is 24.3 Å². The van der Waals surface area contributed by atoms with E-state index >= 15 is 0 Å². The van der Waals surface area contributed by atoms with Crippen molar-refractivity contribution in [3.8, 4) is 0 Å². The molecule has 0 N–H and O–H groups in total.